The molecule has 4 rings (SSSR count). The molecule has 0 radical (unpaired) electrons. The maximum Gasteiger partial charge on any atom is 0.254 e. The molecular formula is C18H24N2O. The first-order valence-corrected chi connectivity index (χ1v) is 8.51. The van der Waals surface area contributed by atoms with Crippen LogP contribution in [0.1, 0.15) is 54.4 Å². The molecule has 3 aliphatic rings. The van der Waals surface area contributed by atoms with Crippen LogP contribution in [0.4, 0.5) is 5.69 Å². The summed E-state index contributed by atoms with van der Waals surface area (Å²) in [5.41, 5.74) is 3.37. The van der Waals surface area contributed by atoms with E-state index in [4.69, 9.17) is 0 Å². The van der Waals surface area contributed by atoms with Crippen molar-refractivity contribution in [3.63, 3.8) is 0 Å². The number of nitrogens with zero attached hydrogens (tertiary/aromatic N) is 1. The molecule has 0 bridgehead atoms. The Hall–Kier alpha value is -1.51. The van der Waals surface area contributed by atoms with E-state index in [-0.39, 0.29) is 5.91 Å². The van der Waals surface area contributed by atoms with E-state index in [1.807, 2.05) is 12.1 Å². The first-order valence-electron chi connectivity index (χ1n) is 8.51. The first-order chi connectivity index (χ1) is 10.3. The number of fused-ring (bicyclic) bond motifs is 2. The minimum absolute atomic E-state index is 0.282. The van der Waals surface area contributed by atoms with Crippen molar-refractivity contribution >= 4 is 11.6 Å². The zero-order valence-electron chi connectivity index (χ0n) is 12.6. The van der Waals surface area contributed by atoms with Crippen molar-refractivity contribution in [1.82, 2.24) is 4.90 Å². The maximum absolute atomic E-state index is 13.1. The molecular weight excluding hydrogens is 260 g/mol. The lowest BCUT2D eigenvalue weighted by atomic mass is 9.85. The first kappa shape index (κ1) is 13.2. The summed E-state index contributed by atoms with van der Waals surface area (Å²) in [7, 11) is 0. The lowest BCUT2D eigenvalue weighted by Crippen LogP contribution is -2.39. The van der Waals surface area contributed by atoms with E-state index in [9.17, 15) is 4.79 Å². The van der Waals surface area contributed by atoms with Crippen LogP contribution in [0, 0.1) is 5.92 Å². The van der Waals surface area contributed by atoms with Crippen molar-refractivity contribution in [3.8, 4) is 0 Å². The van der Waals surface area contributed by atoms with E-state index in [0.717, 1.165) is 37.4 Å². The number of anilines is 1. The number of rotatable bonds is 1. The average molecular weight is 284 g/mol. The van der Waals surface area contributed by atoms with Gasteiger partial charge in [0.1, 0.15) is 0 Å². The van der Waals surface area contributed by atoms with Crippen LogP contribution in [0.3, 0.4) is 0 Å². The predicted molar refractivity (Wildman–Crippen MR) is 84.7 cm³/mol. The number of amides is 1. The smallest absolute Gasteiger partial charge is 0.254 e. The van der Waals surface area contributed by atoms with Gasteiger partial charge in [-0.2, -0.15) is 0 Å². The fourth-order valence-corrected chi connectivity index (χ4v) is 4.52. The van der Waals surface area contributed by atoms with Crippen molar-refractivity contribution in [2.45, 2.75) is 51.0 Å². The molecule has 1 aromatic rings. The summed E-state index contributed by atoms with van der Waals surface area (Å²) in [6, 6.07) is 6.68. The van der Waals surface area contributed by atoms with E-state index in [0.29, 0.717) is 6.04 Å². The number of nitrogens with one attached hydrogen (secondary N) is 1. The Kier molecular flexibility index (Phi) is 3.36. The van der Waals surface area contributed by atoms with Crippen molar-refractivity contribution in [1.29, 1.82) is 0 Å². The monoisotopic (exact) mass is 284 g/mol. The van der Waals surface area contributed by atoms with Gasteiger partial charge in [0.05, 0.1) is 0 Å². The second-order valence-electron chi connectivity index (χ2n) is 6.76. The molecule has 3 nitrogen and oxygen atoms in total. The molecule has 1 aromatic carbocycles. The number of likely N-dealkylation sites (tertiary alicyclic amines) is 1. The summed E-state index contributed by atoms with van der Waals surface area (Å²) in [5, 5.41) is 3.43. The van der Waals surface area contributed by atoms with Gasteiger partial charge in [0.15, 0.2) is 0 Å². The van der Waals surface area contributed by atoms with Crippen molar-refractivity contribution in [3.05, 3.63) is 29.3 Å². The Bertz CT molecular complexity index is 554. The van der Waals surface area contributed by atoms with Gasteiger partial charge in [0.25, 0.3) is 5.91 Å². The molecule has 3 heteroatoms. The van der Waals surface area contributed by atoms with E-state index >= 15 is 0 Å². The van der Waals surface area contributed by atoms with E-state index in [1.54, 1.807) is 0 Å². The molecule has 1 amide bonds. The largest absolute Gasteiger partial charge is 0.385 e. The van der Waals surface area contributed by atoms with Gasteiger partial charge in [0.2, 0.25) is 0 Å². The van der Waals surface area contributed by atoms with Gasteiger partial charge in [0, 0.05) is 30.4 Å². The Balaban J connectivity index is 1.63. The number of carbonyl (C=O) groups is 1. The fourth-order valence-electron chi connectivity index (χ4n) is 4.52. The highest BCUT2D eigenvalue weighted by Crippen LogP contribution is 2.37. The number of hydrogen-bond donors (Lipinski definition) is 1. The fraction of sp³-hybridized carbons (Fsp3) is 0.611. The minimum atomic E-state index is 0.282. The molecule has 2 heterocycles. The van der Waals surface area contributed by atoms with Gasteiger partial charge in [-0.15, -0.1) is 0 Å². The lowest BCUT2D eigenvalue weighted by Gasteiger charge is -2.32. The number of hydrogen-bond acceptors (Lipinski definition) is 2. The highest BCUT2D eigenvalue weighted by molar-refractivity contribution is 5.97. The standard InChI is InChI=1S/C18H24N2O/c21-18(20-12-10-13-5-1-2-9-17(13)20)15-6-3-8-16-14(15)7-4-11-19-16/h3,6,8,13,17,19H,1-2,4-5,7,9-12H2. The van der Waals surface area contributed by atoms with E-state index in [2.05, 4.69) is 16.3 Å². The third-order valence-corrected chi connectivity index (χ3v) is 5.60. The van der Waals surface area contributed by atoms with Crippen LogP contribution in [0.15, 0.2) is 18.2 Å². The Morgan fingerprint density at radius 1 is 1.14 bits per heavy atom. The van der Waals surface area contributed by atoms with Gasteiger partial charge < -0.3 is 10.2 Å². The third kappa shape index (κ3) is 2.23. The molecule has 1 N–H and O–H groups in total. The summed E-state index contributed by atoms with van der Waals surface area (Å²) in [5.74, 6) is 1.05. The normalized spacial score (nSPS) is 27.7. The molecule has 112 valence electrons. The average Bonchev–Trinajstić information content (AvgIpc) is 2.98. The molecule has 0 aromatic heterocycles. The van der Waals surface area contributed by atoms with E-state index < -0.39 is 0 Å². The lowest BCUT2D eigenvalue weighted by molar-refractivity contribution is 0.0689. The van der Waals surface area contributed by atoms with Crippen LogP contribution in [0.25, 0.3) is 0 Å². The second kappa shape index (κ2) is 5.36. The second-order valence-corrected chi connectivity index (χ2v) is 6.76. The molecule has 1 aliphatic carbocycles. The van der Waals surface area contributed by atoms with Crippen molar-refractivity contribution < 1.29 is 4.79 Å². The molecule has 2 unspecified atom stereocenters. The van der Waals surface area contributed by atoms with E-state index in [1.165, 1.54) is 43.4 Å². The quantitative estimate of drug-likeness (QED) is 0.856. The molecule has 2 atom stereocenters. The predicted octanol–water partition coefficient (Wildman–Crippen LogP) is 3.45. The molecule has 2 fully saturated rings. The topological polar surface area (TPSA) is 32.3 Å². The molecule has 0 spiro atoms. The molecule has 2 aliphatic heterocycles. The molecule has 21 heavy (non-hydrogen) atoms. The van der Waals surface area contributed by atoms with Crippen molar-refractivity contribution in [2.75, 3.05) is 18.4 Å². The van der Waals surface area contributed by atoms with Crippen molar-refractivity contribution in [2.24, 2.45) is 5.92 Å². The summed E-state index contributed by atoms with van der Waals surface area (Å²) in [6.45, 7) is 1.99. The van der Waals surface area contributed by atoms with Crippen LogP contribution in [0.2, 0.25) is 0 Å². The third-order valence-electron chi connectivity index (χ3n) is 5.60. The summed E-state index contributed by atoms with van der Waals surface area (Å²) < 4.78 is 0. The van der Waals surface area contributed by atoms with Crippen LogP contribution in [-0.4, -0.2) is 29.9 Å². The Morgan fingerprint density at radius 2 is 2.05 bits per heavy atom. The highest BCUT2D eigenvalue weighted by Gasteiger charge is 2.39. The maximum atomic E-state index is 13.1. The summed E-state index contributed by atoms with van der Waals surface area (Å²) in [6.07, 6.45) is 8.55. The van der Waals surface area contributed by atoms with Gasteiger partial charge in [-0.1, -0.05) is 18.9 Å². The zero-order chi connectivity index (χ0) is 14.2. The van der Waals surface area contributed by atoms with Gasteiger partial charge in [-0.05, 0) is 55.7 Å². The summed E-state index contributed by atoms with van der Waals surface area (Å²) in [4.78, 5) is 15.3. The van der Waals surface area contributed by atoms with Gasteiger partial charge >= 0.3 is 0 Å². The molecule has 1 saturated heterocycles. The van der Waals surface area contributed by atoms with Gasteiger partial charge in [-0.3, -0.25) is 4.79 Å². The zero-order valence-corrected chi connectivity index (χ0v) is 12.6. The Labute approximate surface area is 126 Å². The number of carbonyl (C=O) groups excluding carboxylic acids is 1. The summed E-state index contributed by atoms with van der Waals surface area (Å²) >= 11 is 0. The molecule has 1 saturated carbocycles. The van der Waals surface area contributed by atoms with Crippen LogP contribution in [0.5, 0.6) is 0 Å². The Morgan fingerprint density at radius 3 is 3.00 bits per heavy atom. The van der Waals surface area contributed by atoms with Crippen LogP contribution < -0.4 is 5.32 Å². The number of benzene rings is 1. The van der Waals surface area contributed by atoms with Crippen LogP contribution in [-0.2, 0) is 6.42 Å². The highest BCUT2D eigenvalue weighted by atomic mass is 16.2. The van der Waals surface area contributed by atoms with Crippen LogP contribution >= 0.6 is 0 Å². The SMILES string of the molecule is O=C(c1cccc2c1CCCN2)N1CCC2CCCCC21. The van der Waals surface area contributed by atoms with Gasteiger partial charge in [-0.25, -0.2) is 0 Å². The minimum Gasteiger partial charge on any atom is -0.385 e.